The van der Waals surface area contributed by atoms with E-state index in [2.05, 4.69) is 10.2 Å². The highest BCUT2D eigenvalue weighted by Gasteiger charge is 2.30. The van der Waals surface area contributed by atoms with E-state index in [-0.39, 0.29) is 0 Å². The minimum absolute atomic E-state index is 0.488. The second-order valence-corrected chi connectivity index (χ2v) is 5.06. The van der Waals surface area contributed by atoms with E-state index in [1.54, 1.807) is 11.3 Å². The number of hydrogen-bond donors (Lipinski definition) is 1. The quantitative estimate of drug-likeness (QED) is 0.825. The Kier molecular flexibility index (Phi) is 3.66. The molecule has 0 saturated heterocycles. The van der Waals surface area contributed by atoms with Gasteiger partial charge >= 0.3 is 0 Å². The van der Waals surface area contributed by atoms with Gasteiger partial charge in [-0.25, -0.2) is 0 Å². The van der Waals surface area contributed by atoms with Crippen molar-refractivity contribution in [2.75, 3.05) is 6.61 Å². The van der Waals surface area contributed by atoms with E-state index in [0.717, 1.165) is 29.0 Å². The summed E-state index contributed by atoms with van der Waals surface area (Å²) in [6, 6.07) is 0. The summed E-state index contributed by atoms with van der Waals surface area (Å²) < 4.78 is 5.52. The Morgan fingerprint density at radius 2 is 2.13 bits per heavy atom. The van der Waals surface area contributed by atoms with Gasteiger partial charge in [0.1, 0.15) is 10.0 Å². The fourth-order valence-electron chi connectivity index (χ4n) is 1.91. The Balaban J connectivity index is 1.75. The lowest BCUT2D eigenvalue weighted by molar-refractivity contribution is -0.0240. The predicted molar refractivity (Wildman–Crippen MR) is 59.6 cm³/mol. The topological polar surface area (TPSA) is 61.0 Å². The molecule has 0 aromatic carbocycles. The molecule has 2 rings (SSSR count). The molecule has 1 aromatic rings. The minimum atomic E-state index is 0.488. The average molecular weight is 227 g/mol. The van der Waals surface area contributed by atoms with Gasteiger partial charge in [-0.05, 0) is 25.7 Å². The highest BCUT2D eigenvalue weighted by Crippen LogP contribution is 2.33. The summed E-state index contributed by atoms with van der Waals surface area (Å²) in [5.74, 6) is 0.736. The van der Waals surface area contributed by atoms with Gasteiger partial charge in [0.15, 0.2) is 0 Å². The molecule has 0 atom stereocenters. The summed E-state index contributed by atoms with van der Waals surface area (Å²) in [5, 5.41) is 10.2. The van der Waals surface area contributed by atoms with Crippen LogP contribution in [0.3, 0.4) is 0 Å². The van der Waals surface area contributed by atoms with Crippen LogP contribution in [0.4, 0.5) is 0 Å². The average Bonchev–Trinajstić information content (AvgIpc) is 2.62. The van der Waals surface area contributed by atoms with Crippen molar-refractivity contribution in [1.29, 1.82) is 0 Å². The van der Waals surface area contributed by atoms with Crippen molar-refractivity contribution in [3.05, 3.63) is 10.0 Å². The summed E-state index contributed by atoms with van der Waals surface area (Å²) in [6.45, 7) is 3.38. The fourth-order valence-corrected chi connectivity index (χ4v) is 2.75. The van der Waals surface area contributed by atoms with Gasteiger partial charge in [-0.3, -0.25) is 0 Å². The first kappa shape index (κ1) is 11.0. The van der Waals surface area contributed by atoms with E-state index in [0.29, 0.717) is 12.6 Å². The van der Waals surface area contributed by atoms with Crippen LogP contribution in [0, 0.1) is 5.92 Å². The maximum atomic E-state index is 5.52. The number of hydrogen-bond acceptors (Lipinski definition) is 5. The van der Waals surface area contributed by atoms with Gasteiger partial charge in [0.2, 0.25) is 0 Å². The lowest BCUT2D eigenvalue weighted by atomic mass is 9.80. The molecule has 1 fully saturated rings. The van der Waals surface area contributed by atoms with Crippen LogP contribution >= 0.6 is 11.3 Å². The summed E-state index contributed by atoms with van der Waals surface area (Å²) in [7, 11) is 0. The third-order valence-corrected chi connectivity index (χ3v) is 3.71. The van der Waals surface area contributed by atoms with Gasteiger partial charge in [0.25, 0.3) is 0 Å². The molecule has 1 aliphatic carbocycles. The highest BCUT2D eigenvalue weighted by molar-refractivity contribution is 7.11. The van der Waals surface area contributed by atoms with Gasteiger partial charge in [0.05, 0.1) is 6.10 Å². The van der Waals surface area contributed by atoms with E-state index >= 15 is 0 Å². The van der Waals surface area contributed by atoms with E-state index in [1.165, 1.54) is 12.8 Å². The van der Waals surface area contributed by atoms with Crippen LogP contribution in [0.2, 0.25) is 0 Å². The van der Waals surface area contributed by atoms with Crippen LogP contribution < -0.4 is 5.73 Å². The monoisotopic (exact) mass is 227 g/mol. The van der Waals surface area contributed by atoms with Crippen LogP contribution in [0.15, 0.2) is 0 Å². The first-order chi connectivity index (χ1) is 7.31. The van der Waals surface area contributed by atoms with Gasteiger partial charge in [-0.1, -0.05) is 0 Å². The molecule has 0 unspecified atom stereocenters. The first-order valence-corrected chi connectivity index (χ1v) is 6.26. The number of nitrogens with two attached hydrogens (primary N) is 1. The van der Waals surface area contributed by atoms with Crippen LogP contribution in [0.1, 0.15) is 29.8 Å². The van der Waals surface area contributed by atoms with Gasteiger partial charge in [-0.15, -0.1) is 21.5 Å². The molecule has 0 radical (unpaired) electrons. The largest absolute Gasteiger partial charge is 0.378 e. The zero-order valence-electron chi connectivity index (χ0n) is 8.98. The van der Waals surface area contributed by atoms with E-state index in [4.69, 9.17) is 10.5 Å². The molecule has 1 heterocycles. The Hall–Kier alpha value is -0.520. The van der Waals surface area contributed by atoms with Crippen molar-refractivity contribution in [2.24, 2.45) is 11.7 Å². The smallest absolute Gasteiger partial charge is 0.131 e. The molecule has 1 saturated carbocycles. The van der Waals surface area contributed by atoms with Crippen LogP contribution in [-0.2, 0) is 17.7 Å². The number of rotatable bonds is 5. The van der Waals surface area contributed by atoms with Crippen LogP contribution in [0.25, 0.3) is 0 Å². The molecule has 0 amide bonds. The van der Waals surface area contributed by atoms with Crippen molar-refractivity contribution in [3.63, 3.8) is 0 Å². The molecule has 84 valence electrons. The normalized spacial score (nSPS) is 25.2. The number of nitrogens with zero attached hydrogens (tertiary/aromatic N) is 2. The Labute approximate surface area is 93.8 Å². The second kappa shape index (κ2) is 5.01. The SMILES string of the molecule is CCOC1CC(Cc2nnc(CN)s2)C1. The zero-order chi connectivity index (χ0) is 10.7. The summed E-state index contributed by atoms with van der Waals surface area (Å²) >= 11 is 1.64. The van der Waals surface area contributed by atoms with Gasteiger partial charge < -0.3 is 10.5 Å². The molecule has 1 aliphatic rings. The van der Waals surface area contributed by atoms with Crippen molar-refractivity contribution in [2.45, 2.75) is 38.8 Å². The first-order valence-electron chi connectivity index (χ1n) is 5.44. The molecule has 4 nitrogen and oxygen atoms in total. The fraction of sp³-hybridized carbons (Fsp3) is 0.800. The van der Waals surface area contributed by atoms with E-state index in [1.807, 2.05) is 6.92 Å². The Morgan fingerprint density at radius 3 is 2.73 bits per heavy atom. The molecule has 15 heavy (non-hydrogen) atoms. The van der Waals surface area contributed by atoms with E-state index < -0.39 is 0 Å². The van der Waals surface area contributed by atoms with Crippen molar-refractivity contribution in [1.82, 2.24) is 10.2 Å². The maximum absolute atomic E-state index is 5.52. The van der Waals surface area contributed by atoms with Crippen molar-refractivity contribution < 1.29 is 4.74 Å². The molecular formula is C10H17N3OS. The summed E-state index contributed by atoms with van der Waals surface area (Å²) in [6.07, 6.45) is 3.87. The lowest BCUT2D eigenvalue weighted by Gasteiger charge is -2.34. The summed E-state index contributed by atoms with van der Waals surface area (Å²) in [5.41, 5.74) is 5.49. The van der Waals surface area contributed by atoms with E-state index in [9.17, 15) is 0 Å². The predicted octanol–water partition coefficient (Wildman–Crippen LogP) is 1.35. The lowest BCUT2D eigenvalue weighted by Crippen LogP contribution is -2.32. The molecule has 0 aliphatic heterocycles. The highest BCUT2D eigenvalue weighted by atomic mass is 32.1. The molecule has 1 aromatic heterocycles. The Morgan fingerprint density at radius 1 is 1.40 bits per heavy atom. The molecule has 0 spiro atoms. The molecular weight excluding hydrogens is 210 g/mol. The minimum Gasteiger partial charge on any atom is -0.378 e. The zero-order valence-corrected chi connectivity index (χ0v) is 9.80. The standard InChI is InChI=1S/C10H17N3OS/c1-2-14-8-3-7(4-8)5-9-12-13-10(6-11)15-9/h7-8H,2-6,11H2,1H3. The third kappa shape index (κ3) is 2.74. The van der Waals surface area contributed by atoms with Gasteiger partial charge in [0, 0.05) is 19.6 Å². The van der Waals surface area contributed by atoms with Gasteiger partial charge in [-0.2, -0.15) is 0 Å². The summed E-state index contributed by atoms with van der Waals surface area (Å²) in [4.78, 5) is 0. The van der Waals surface area contributed by atoms with Crippen molar-refractivity contribution in [3.8, 4) is 0 Å². The maximum Gasteiger partial charge on any atom is 0.131 e. The molecule has 2 N–H and O–H groups in total. The number of aromatic nitrogens is 2. The second-order valence-electron chi connectivity index (χ2n) is 3.91. The molecule has 5 heteroatoms. The molecule has 0 bridgehead atoms. The van der Waals surface area contributed by atoms with Crippen LogP contribution in [-0.4, -0.2) is 22.9 Å². The number of ether oxygens (including phenoxy) is 1. The Bertz CT molecular complexity index is 309. The third-order valence-electron chi connectivity index (χ3n) is 2.74. The van der Waals surface area contributed by atoms with Crippen molar-refractivity contribution >= 4 is 11.3 Å². The van der Waals surface area contributed by atoms with Crippen LogP contribution in [0.5, 0.6) is 0 Å².